The normalized spacial score (nSPS) is 10.6. The Morgan fingerprint density at radius 3 is 2.41 bits per heavy atom. The third-order valence-corrected chi connectivity index (χ3v) is 3.07. The molecule has 0 saturated carbocycles. The van der Waals surface area contributed by atoms with Crippen LogP contribution in [0.1, 0.15) is 21.5 Å². The molecular formula is C14H10NO6S. The molecule has 22 heavy (non-hydrogen) atoms. The number of ketones is 1. The summed E-state index contributed by atoms with van der Waals surface area (Å²) in [5.41, 5.74) is 0.217. The van der Waals surface area contributed by atoms with Crippen molar-refractivity contribution in [3.63, 3.8) is 0 Å². The summed E-state index contributed by atoms with van der Waals surface area (Å²) in [5, 5.41) is 10.8. The average molecular weight is 320 g/mol. The smallest absolute Gasteiger partial charge is 0.269 e. The maximum absolute atomic E-state index is 12.4. The number of carbonyl (C=O) groups is 1. The first-order chi connectivity index (χ1) is 10.5. The van der Waals surface area contributed by atoms with Gasteiger partial charge in [-0.05, 0) is 6.07 Å². The molecule has 0 atom stereocenters. The van der Waals surface area contributed by atoms with Crippen LogP contribution in [0.25, 0.3) is 0 Å². The Morgan fingerprint density at radius 2 is 1.82 bits per heavy atom. The summed E-state index contributed by atoms with van der Waals surface area (Å²) < 4.78 is 25.4. The first kappa shape index (κ1) is 15.8. The third-order valence-electron chi connectivity index (χ3n) is 2.79. The molecule has 0 aromatic heterocycles. The molecule has 0 amide bonds. The molecule has 0 unspecified atom stereocenters. The number of hydrogen-bond acceptors (Lipinski definition) is 6. The molecule has 0 aliphatic heterocycles. The van der Waals surface area contributed by atoms with Crippen LogP contribution in [0.3, 0.4) is 0 Å². The largest absolute Gasteiger partial charge is 0.289 e. The van der Waals surface area contributed by atoms with E-state index in [9.17, 15) is 23.3 Å². The van der Waals surface area contributed by atoms with Crippen molar-refractivity contribution in [1.29, 1.82) is 0 Å². The fourth-order valence-corrected chi connectivity index (χ4v) is 2.01. The van der Waals surface area contributed by atoms with E-state index < -0.39 is 21.7 Å². The van der Waals surface area contributed by atoms with Gasteiger partial charge in [0.15, 0.2) is 5.78 Å². The molecule has 2 aromatic carbocycles. The van der Waals surface area contributed by atoms with Crippen molar-refractivity contribution in [3.05, 3.63) is 81.9 Å². The van der Waals surface area contributed by atoms with E-state index in [1.807, 2.05) is 0 Å². The molecular weight excluding hydrogens is 310 g/mol. The molecule has 0 N–H and O–H groups in total. The zero-order valence-electron chi connectivity index (χ0n) is 11.0. The number of thiol groups is 1. The van der Waals surface area contributed by atoms with Crippen molar-refractivity contribution >= 4 is 22.5 Å². The lowest BCUT2D eigenvalue weighted by atomic mass is 9.98. The molecule has 0 saturated heterocycles. The Bertz CT molecular complexity index is 777. The predicted molar refractivity (Wildman–Crippen MR) is 77.8 cm³/mol. The van der Waals surface area contributed by atoms with Gasteiger partial charge in [0, 0.05) is 28.8 Å². The highest BCUT2D eigenvalue weighted by Crippen LogP contribution is 2.22. The van der Waals surface area contributed by atoms with E-state index in [0.29, 0.717) is 5.56 Å². The highest BCUT2D eigenvalue weighted by molar-refractivity contribution is 7.67. The van der Waals surface area contributed by atoms with E-state index in [1.54, 1.807) is 30.3 Å². The van der Waals surface area contributed by atoms with Gasteiger partial charge in [-0.15, -0.1) is 0 Å². The fraction of sp³-hybridized carbons (Fsp3) is 0. The van der Waals surface area contributed by atoms with Crippen LogP contribution in [0.2, 0.25) is 0 Å². The fourth-order valence-electron chi connectivity index (χ4n) is 1.81. The van der Waals surface area contributed by atoms with E-state index in [-0.39, 0.29) is 16.8 Å². The number of rotatable bonds is 6. The van der Waals surface area contributed by atoms with E-state index >= 15 is 0 Å². The summed E-state index contributed by atoms with van der Waals surface area (Å²) >= 11 is 0. The Hall–Kier alpha value is -2.58. The van der Waals surface area contributed by atoms with Crippen molar-refractivity contribution in [2.45, 2.75) is 0 Å². The van der Waals surface area contributed by atoms with Crippen molar-refractivity contribution in [1.82, 2.24) is 0 Å². The molecule has 8 heteroatoms. The summed E-state index contributed by atoms with van der Waals surface area (Å²) in [5.74, 6) is -0.397. The van der Waals surface area contributed by atoms with Gasteiger partial charge in [0.2, 0.25) is 0 Å². The quantitative estimate of drug-likeness (QED) is 0.377. The van der Waals surface area contributed by atoms with E-state index in [2.05, 4.69) is 4.18 Å². The highest BCUT2D eigenvalue weighted by atomic mass is 32.2. The summed E-state index contributed by atoms with van der Waals surface area (Å²) in [6.07, 6.45) is 0. The van der Waals surface area contributed by atoms with E-state index in [0.717, 1.165) is 12.7 Å². The van der Waals surface area contributed by atoms with Gasteiger partial charge in [-0.2, -0.15) is 0 Å². The minimum absolute atomic E-state index is 0.0160. The van der Waals surface area contributed by atoms with Crippen LogP contribution in [-0.2, 0) is 15.2 Å². The predicted octanol–water partition coefficient (Wildman–Crippen LogP) is 1.88. The van der Waals surface area contributed by atoms with E-state index in [1.165, 1.54) is 12.1 Å². The second-order valence-corrected chi connectivity index (χ2v) is 4.83. The summed E-state index contributed by atoms with van der Waals surface area (Å²) in [7, 11) is -3.17. The maximum atomic E-state index is 12.4. The van der Waals surface area contributed by atoms with E-state index in [4.69, 9.17) is 0 Å². The molecule has 113 valence electrons. The zero-order chi connectivity index (χ0) is 16.1. The Labute approximate surface area is 127 Å². The molecule has 2 rings (SSSR count). The number of carbonyl (C=O) groups excluding carboxylic acids is 1. The summed E-state index contributed by atoms with van der Waals surface area (Å²) in [6, 6.07) is 11.8. The van der Waals surface area contributed by atoms with Crippen LogP contribution in [0.4, 0.5) is 5.69 Å². The van der Waals surface area contributed by atoms with Gasteiger partial charge in [0.05, 0.1) is 4.92 Å². The minimum Gasteiger partial charge on any atom is -0.289 e. The van der Waals surface area contributed by atoms with Crippen LogP contribution in [0.15, 0.2) is 48.5 Å². The number of nitro benzene ring substituents is 1. The van der Waals surface area contributed by atoms with Gasteiger partial charge in [-0.1, -0.05) is 30.3 Å². The third kappa shape index (κ3) is 3.74. The molecule has 0 spiro atoms. The second kappa shape index (κ2) is 6.92. The number of non-ortho nitro benzene ring substituents is 1. The molecule has 2 aromatic rings. The number of benzene rings is 2. The number of nitrogens with zero attached hydrogens (tertiary/aromatic N) is 1. The van der Waals surface area contributed by atoms with Gasteiger partial charge in [-0.25, -0.2) is 8.42 Å². The van der Waals surface area contributed by atoms with Gasteiger partial charge >= 0.3 is 0 Å². The lowest BCUT2D eigenvalue weighted by Gasteiger charge is -2.07. The van der Waals surface area contributed by atoms with Gasteiger partial charge in [0.1, 0.15) is 6.61 Å². The van der Waals surface area contributed by atoms with Crippen LogP contribution in [0, 0.1) is 16.7 Å². The van der Waals surface area contributed by atoms with Crippen LogP contribution >= 0.6 is 0 Å². The van der Waals surface area contributed by atoms with Crippen molar-refractivity contribution in [2.75, 3.05) is 0 Å². The maximum Gasteiger partial charge on any atom is 0.269 e. The molecule has 0 aliphatic rings. The average Bonchev–Trinajstić information content (AvgIpc) is 2.52. The van der Waals surface area contributed by atoms with Crippen LogP contribution in [-0.4, -0.2) is 19.1 Å². The second-order valence-electron chi connectivity index (χ2n) is 4.17. The summed E-state index contributed by atoms with van der Waals surface area (Å²) in [6.45, 7) is 0.800. The number of hydrogen-bond donors (Lipinski definition) is 1. The lowest BCUT2D eigenvalue weighted by Crippen LogP contribution is -2.06. The van der Waals surface area contributed by atoms with Gasteiger partial charge in [-0.3, -0.25) is 19.1 Å². The minimum atomic E-state index is -3.17. The Kier molecular flexibility index (Phi) is 4.97. The zero-order valence-corrected chi connectivity index (χ0v) is 11.9. The van der Waals surface area contributed by atoms with Crippen molar-refractivity contribution < 1.29 is 22.3 Å². The monoisotopic (exact) mass is 320 g/mol. The first-order valence-electron chi connectivity index (χ1n) is 6.01. The number of nitro groups is 1. The van der Waals surface area contributed by atoms with Crippen LogP contribution < -0.4 is 0 Å². The summed E-state index contributed by atoms with van der Waals surface area (Å²) in [4.78, 5) is 22.5. The molecule has 7 nitrogen and oxygen atoms in total. The molecule has 1 radical (unpaired) electrons. The Morgan fingerprint density at radius 1 is 1.14 bits per heavy atom. The van der Waals surface area contributed by atoms with Crippen molar-refractivity contribution in [2.24, 2.45) is 0 Å². The SMILES string of the molecule is O=C(c1ccccc1)c1ccc([N+](=O)[O-])cc1[CH]O[SH](=O)=O. The molecule has 0 fully saturated rings. The Balaban J connectivity index is 2.45. The van der Waals surface area contributed by atoms with Crippen molar-refractivity contribution in [3.8, 4) is 0 Å². The molecule has 0 bridgehead atoms. The van der Waals surface area contributed by atoms with Gasteiger partial charge in [0.25, 0.3) is 16.7 Å². The first-order valence-corrected chi connectivity index (χ1v) is 7.11. The molecule has 0 heterocycles. The standard InChI is InChI=1S/C14H10NO6S/c16-14(10-4-2-1-3-5-10)13-7-6-12(15(17)18)8-11(13)9-21-22(19)20/h1-9,22H. The topological polar surface area (TPSA) is 104 Å². The highest BCUT2D eigenvalue weighted by Gasteiger charge is 2.18. The van der Waals surface area contributed by atoms with Gasteiger partial charge < -0.3 is 0 Å². The van der Waals surface area contributed by atoms with Crippen LogP contribution in [0.5, 0.6) is 0 Å². The molecule has 0 aliphatic carbocycles. The lowest BCUT2D eigenvalue weighted by molar-refractivity contribution is -0.384.